The van der Waals surface area contributed by atoms with Gasteiger partial charge in [0, 0.05) is 32.2 Å². The van der Waals surface area contributed by atoms with Crippen LogP contribution in [-0.4, -0.2) is 65.7 Å². The average molecular weight is 297 g/mol. The molecule has 2 amide bonds. The smallest absolute Gasteiger partial charge is 0.317 e. The predicted molar refractivity (Wildman–Crippen MR) is 80.2 cm³/mol. The summed E-state index contributed by atoms with van der Waals surface area (Å²) in [6, 6.07) is 0.334. The minimum Gasteiger partial charge on any atom is -0.481 e. The number of carbonyl (C=O) groups excluding carboxylic acids is 1. The molecule has 1 atom stereocenters. The molecule has 1 unspecified atom stereocenters. The Hall–Kier alpha value is -1.30. The molecule has 2 N–H and O–H groups in total. The number of urea groups is 1. The molecule has 21 heavy (non-hydrogen) atoms. The Bertz CT molecular complexity index is 396. The van der Waals surface area contributed by atoms with E-state index in [1.54, 1.807) is 0 Å². The second kappa shape index (κ2) is 6.64. The third-order valence-corrected chi connectivity index (χ3v) is 5.01. The Morgan fingerprint density at radius 3 is 2.52 bits per heavy atom. The van der Waals surface area contributed by atoms with E-state index in [0.717, 1.165) is 45.4 Å². The van der Waals surface area contributed by atoms with Gasteiger partial charge in [-0.3, -0.25) is 9.69 Å². The number of nitrogens with one attached hydrogen (secondary N) is 1. The molecule has 0 aromatic heterocycles. The van der Waals surface area contributed by atoms with Crippen LogP contribution in [0, 0.1) is 5.41 Å². The molecule has 0 aromatic rings. The van der Waals surface area contributed by atoms with E-state index >= 15 is 0 Å². The Balaban J connectivity index is 1.80. The van der Waals surface area contributed by atoms with Gasteiger partial charge in [0.2, 0.25) is 0 Å². The zero-order valence-corrected chi connectivity index (χ0v) is 13.1. The standard InChI is InChI=1S/C15H27N3O3/c1-3-17-7-8-18(10-12(17)2)14(21)16-11-15(5-4-6-15)9-13(19)20/h12H,3-11H2,1-2H3,(H,16,21)(H,19,20). The van der Waals surface area contributed by atoms with E-state index in [9.17, 15) is 9.59 Å². The number of hydrogen-bond donors (Lipinski definition) is 2. The van der Waals surface area contributed by atoms with Crippen LogP contribution in [0.25, 0.3) is 0 Å². The lowest BCUT2D eigenvalue weighted by Gasteiger charge is -2.42. The summed E-state index contributed by atoms with van der Waals surface area (Å²) in [5.41, 5.74) is -0.210. The number of aliphatic carboxylic acids is 1. The topological polar surface area (TPSA) is 72.9 Å². The number of hydrogen-bond acceptors (Lipinski definition) is 3. The van der Waals surface area contributed by atoms with E-state index in [1.165, 1.54) is 0 Å². The van der Waals surface area contributed by atoms with Gasteiger partial charge in [0.25, 0.3) is 0 Å². The number of piperazine rings is 1. The lowest BCUT2D eigenvalue weighted by Crippen LogP contribution is -2.56. The number of carboxylic acids is 1. The van der Waals surface area contributed by atoms with Crippen molar-refractivity contribution in [2.24, 2.45) is 5.41 Å². The molecule has 6 nitrogen and oxygen atoms in total. The molecule has 0 aromatic carbocycles. The number of nitrogens with zero attached hydrogens (tertiary/aromatic N) is 2. The Morgan fingerprint density at radius 2 is 2.05 bits per heavy atom. The van der Waals surface area contributed by atoms with Gasteiger partial charge in [0.15, 0.2) is 0 Å². The highest BCUT2D eigenvalue weighted by Gasteiger charge is 2.39. The van der Waals surface area contributed by atoms with Crippen LogP contribution in [-0.2, 0) is 4.79 Å². The number of rotatable bonds is 5. The fraction of sp³-hybridized carbons (Fsp3) is 0.867. The van der Waals surface area contributed by atoms with Crippen LogP contribution in [0.3, 0.4) is 0 Å². The molecule has 0 bridgehead atoms. The molecule has 120 valence electrons. The van der Waals surface area contributed by atoms with Gasteiger partial charge in [-0.2, -0.15) is 0 Å². The zero-order valence-electron chi connectivity index (χ0n) is 13.1. The monoisotopic (exact) mass is 297 g/mol. The lowest BCUT2D eigenvalue weighted by atomic mass is 9.66. The first-order valence-corrected chi connectivity index (χ1v) is 7.94. The quantitative estimate of drug-likeness (QED) is 0.804. The summed E-state index contributed by atoms with van der Waals surface area (Å²) in [5.74, 6) is -0.769. The van der Waals surface area contributed by atoms with E-state index in [2.05, 4.69) is 24.1 Å². The number of carbonyl (C=O) groups is 2. The third-order valence-electron chi connectivity index (χ3n) is 5.01. The van der Waals surface area contributed by atoms with Crippen LogP contribution < -0.4 is 5.32 Å². The van der Waals surface area contributed by atoms with Crippen molar-refractivity contribution in [1.82, 2.24) is 15.1 Å². The number of amides is 2. The second-order valence-electron chi connectivity index (χ2n) is 6.51. The molecule has 0 radical (unpaired) electrons. The van der Waals surface area contributed by atoms with E-state index in [4.69, 9.17) is 5.11 Å². The molecule has 2 aliphatic rings. The minimum atomic E-state index is -0.769. The minimum absolute atomic E-state index is 0.0470. The van der Waals surface area contributed by atoms with Crippen LogP contribution in [0.15, 0.2) is 0 Å². The lowest BCUT2D eigenvalue weighted by molar-refractivity contribution is -0.141. The number of carboxylic acid groups (broad SMARTS) is 1. The highest BCUT2D eigenvalue weighted by Crippen LogP contribution is 2.43. The van der Waals surface area contributed by atoms with Gasteiger partial charge in [-0.05, 0) is 31.7 Å². The van der Waals surface area contributed by atoms with E-state index in [-0.39, 0.29) is 17.9 Å². The molecule has 1 saturated heterocycles. The summed E-state index contributed by atoms with van der Waals surface area (Å²) in [4.78, 5) is 27.4. The van der Waals surface area contributed by atoms with E-state index in [0.29, 0.717) is 12.6 Å². The third kappa shape index (κ3) is 3.87. The molecule has 1 aliphatic heterocycles. The van der Waals surface area contributed by atoms with Crippen molar-refractivity contribution in [1.29, 1.82) is 0 Å². The van der Waals surface area contributed by atoms with Gasteiger partial charge in [0.05, 0.1) is 6.42 Å². The molecular formula is C15H27N3O3. The van der Waals surface area contributed by atoms with Crippen molar-refractivity contribution >= 4 is 12.0 Å². The van der Waals surface area contributed by atoms with Crippen LogP contribution in [0.4, 0.5) is 4.79 Å². The van der Waals surface area contributed by atoms with Crippen molar-refractivity contribution in [2.75, 3.05) is 32.7 Å². The van der Waals surface area contributed by atoms with E-state index < -0.39 is 5.97 Å². The van der Waals surface area contributed by atoms with Crippen LogP contribution in [0.5, 0.6) is 0 Å². The second-order valence-corrected chi connectivity index (χ2v) is 6.51. The first-order chi connectivity index (χ1) is 9.96. The van der Waals surface area contributed by atoms with Crippen molar-refractivity contribution < 1.29 is 14.7 Å². The van der Waals surface area contributed by atoms with Crippen molar-refractivity contribution in [3.8, 4) is 0 Å². The zero-order chi connectivity index (χ0) is 15.5. The molecule has 6 heteroatoms. The molecular weight excluding hydrogens is 270 g/mol. The molecule has 2 fully saturated rings. The Morgan fingerprint density at radius 1 is 1.33 bits per heavy atom. The normalized spacial score (nSPS) is 25.2. The maximum absolute atomic E-state index is 12.3. The summed E-state index contributed by atoms with van der Waals surface area (Å²) in [5, 5.41) is 11.9. The first kappa shape index (κ1) is 16.1. The molecule has 1 heterocycles. The van der Waals surface area contributed by atoms with Crippen LogP contribution in [0.1, 0.15) is 39.5 Å². The molecule has 2 rings (SSSR count). The largest absolute Gasteiger partial charge is 0.481 e. The first-order valence-electron chi connectivity index (χ1n) is 7.94. The maximum atomic E-state index is 12.3. The molecule has 0 spiro atoms. The van der Waals surface area contributed by atoms with E-state index in [1.807, 2.05) is 4.90 Å². The van der Waals surface area contributed by atoms with Gasteiger partial charge < -0.3 is 15.3 Å². The van der Waals surface area contributed by atoms with Crippen molar-refractivity contribution in [3.05, 3.63) is 0 Å². The average Bonchev–Trinajstić information content (AvgIpc) is 2.40. The van der Waals surface area contributed by atoms with Crippen LogP contribution in [0.2, 0.25) is 0 Å². The summed E-state index contributed by atoms with van der Waals surface area (Å²) >= 11 is 0. The van der Waals surface area contributed by atoms with Gasteiger partial charge in [-0.15, -0.1) is 0 Å². The van der Waals surface area contributed by atoms with Gasteiger partial charge in [0.1, 0.15) is 0 Å². The predicted octanol–water partition coefficient (Wildman–Crippen LogP) is 1.37. The molecule has 1 saturated carbocycles. The highest BCUT2D eigenvalue weighted by atomic mass is 16.4. The fourth-order valence-electron chi connectivity index (χ4n) is 3.44. The molecule has 1 aliphatic carbocycles. The van der Waals surface area contributed by atoms with Crippen molar-refractivity contribution in [2.45, 2.75) is 45.6 Å². The van der Waals surface area contributed by atoms with Gasteiger partial charge >= 0.3 is 12.0 Å². The number of likely N-dealkylation sites (N-methyl/N-ethyl adjacent to an activating group) is 1. The highest BCUT2D eigenvalue weighted by molar-refractivity contribution is 5.74. The van der Waals surface area contributed by atoms with Gasteiger partial charge in [-0.1, -0.05) is 13.3 Å². The van der Waals surface area contributed by atoms with Gasteiger partial charge in [-0.25, -0.2) is 4.79 Å². The summed E-state index contributed by atoms with van der Waals surface area (Å²) in [6.07, 6.45) is 3.03. The summed E-state index contributed by atoms with van der Waals surface area (Å²) in [7, 11) is 0. The fourth-order valence-corrected chi connectivity index (χ4v) is 3.44. The summed E-state index contributed by atoms with van der Waals surface area (Å²) in [6.45, 7) is 8.17. The maximum Gasteiger partial charge on any atom is 0.317 e. The van der Waals surface area contributed by atoms with Crippen molar-refractivity contribution in [3.63, 3.8) is 0 Å². The Kier molecular flexibility index (Phi) is 5.08. The van der Waals surface area contributed by atoms with Crippen LogP contribution >= 0.6 is 0 Å². The Labute approximate surface area is 126 Å². The SMILES string of the molecule is CCN1CCN(C(=O)NCC2(CC(=O)O)CCC2)CC1C. The summed E-state index contributed by atoms with van der Waals surface area (Å²) < 4.78 is 0.